The number of aromatic nitrogens is 4. The van der Waals surface area contributed by atoms with Gasteiger partial charge in [-0.1, -0.05) is 53.2 Å². The summed E-state index contributed by atoms with van der Waals surface area (Å²) in [6.45, 7) is 0. The highest BCUT2D eigenvalue weighted by Gasteiger charge is 2.11. The number of nitrogens with zero attached hydrogens (tertiary/aromatic N) is 3. The minimum Gasteiger partial charge on any atom is -0.338 e. The topological polar surface area (TPSA) is 83.6 Å². The number of halogens is 2. The molecule has 0 aliphatic rings. The van der Waals surface area contributed by atoms with E-state index in [1.54, 1.807) is 18.2 Å². The molecular formula is C17H11Cl2N5OS. The van der Waals surface area contributed by atoms with Gasteiger partial charge in [0.05, 0.1) is 5.75 Å². The van der Waals surface area contributed by atoms with Crippen LogP contribution in [-0.2, 0) is 4.79 Å². The molecule has 0 saturated heterocycles. The number of carbonyl (C=O) groups is 1. The summed E-state index contributed by atoms with van der Waals surface area (Å²) in [4.78, 5) is 19.7. The van der Waals surface area contributed by atoms with E-state index >= 15 is 0 Å². The van der Waals surface area contributed by atoms with E-state index in [-0.39, 0.29) is 11.7 Å². The van der Waals surface area contributed by atoms with Crippen LogP contribution in [-0.4, -0.2) is 31.8 Å². The van der Waals surface area contributed by atoms with Crippen molar-refractivity contribution in [3.8, 4) is 0 Å². The van der Waals surface area contributed by atoms with E-state index in [4.69, 9.17) is 23.2 Å². The number of amides is 1. The Morgan fingerprint density at radius 1 is 1.12 bits per heavy atom. The fourth-order valence-electron chi connectivity index (χ4n) is 2.52. The van der Waals surface area contributed by atoms with Crippen molar-refractivity contribution in [1.82, 2.24) is 20.2 Å². The summed E-state index contributed by atoms with van der Waals surface area (Å²) >= 11 is 13.0. The third-order valence-electron chi connectivity index (χ3n) is 3.58. The number of rotatable bonds is 4. The van der Waals surface area contributed by atoms with Crippen molar-refractivity contribution >= 4 is 68.6 Å². The normalized spacial score (nSPS) is 11.2. The van der Waals surface area contributed by atoms with Gasteiger partial charge in [-0.15, -0.1) is 10.2 Å². The standard InChI is InChI=1S/C17H11Cl2N5OS/c18-9-5-10(19)7-11(6-9)20-14(25)8-26-17-22-16-15(23-24-17)12-3-1-2-4-13(12)21-16/h1-7H,8H2,(H,20,25)(H,21,22,24). The highest BCUT2D eigenvalue weighted by molar-refractivity contribution is 7.99. The van der Waals surface area contributed by atoms with Crippen molar-refractivity contribution in [2.24, 2.45) is 0 Å². The monoisotopic (exact) mass is 403 g/mol. The minimum absolute atomic E-state index is 0.136. The molecule has 9 heteroatoms. The fourth-order valence-corrected chi connectivity index (χ4v) is 3.63. The summed E-state index contributed by atoms with van der Waals surface area (Å²) in [5, 5.41) is 13.4. The number of thioether (sulfide) groups is 1. The van der Waals surface area contributed by atoms with E-state index in [0.717, 1.165) is 10.9 Å². The number of H-pyrrole nitrogens is 1. The van der Waals surface area contributed by atoms with E-state index in [2.05, 4.69) is 25.5 Å². The molecule has 2 heterocycles. The van der Waals surface area contributed by atoms with Crippen molar-refractivity contribution in [2.75, 3.05) is 11.1 Å². The maximum atomic E-state index is 12.1. The van der Waals surface area contributed by atoms with Crippen LogP contribution in [0.15, 0.2) is 47.6 Å². The number of fused-ring (bicyclic) bond motifs is 3. The number of para-hydroxylation sites is 1. The van der Waals surface area contributed by atoms with Gasteiger partial charge in [0, 0.05) is 26.6 Å². The zero-order chi connectivity index (χ0) is 18.1. The van der Waals surface area contributed by atoms with Crippen LogP contribution in [0.5, 0.6) is 0 Å². The second-order valence-electron chi connectivity index (χ2n) is 5.46. The molecule has 0 atom stereocenters. The highest BCUT2D eigenvalue weighted by Crippen LogP contribution is 2.24. The number of nitrogens with one attached hydrogen (secondary N) is 2. The smallest absolute Gasteiger partial charge is 0.234 e. The quantitative estimate of drug-likeness (QED) is 0.488. The van der Waals surface area contributed by atoms with Gasteiger partial charge in [-0.2, -0.15) is 0 Å². The van der Waals surface area contributed by atoms with Gasteiger partial charge in [-0.25, -0.2) is 4.98 Å². The second kappa shape index (κ2) is 7.11. The summed E-state index contributed by atoms with van der Waals surface area (Å²) in [5.41, 5.74) is 2.84. The summed E-state index contributed by atoms with van der Waals surface area (Å²) in [6.07, 6.45) is 0. The van der Waals surface area contributed by atoms with E-state index in [9.17, 15) is 4.79 Å². The molecule has 26 heavy (non-hydrogen) atoms. The number of anilines is 1. The Morgan fingerprint density at radius 2 is 1.88 bits per heavy atom. The van der Waals surface area contributed by atoms with E-state index in [0.29, 0.717) is 32.1 Å². The van der Waals surface area contributed by atoms with Crippen LogP contribution in [0.2, 0.25) is 10.0 Å². The molecule has 0 radical (unpaired) electrons. The molecule has 2 aromatic heterocycles. The molecule has 0 saturated carbocycles. The lowest BCUT2D eigenvalue weighted by Gasteiger charge is -2.05. The average Bonchev–Trinajstić information content (AvgIpc) is 2.97. The lowest BCUT2D eigenvalue weighted by Crippen LogP contribution is -2.14. The predicted molar refractivity (Wildman–Crippen MR) is 105 cm³/mol. The van der Waals surface area contributed by atoms with Crippen LogP contribution >= 0.6 is 35.0 Å². The second-order valence-corrected chi connectivity index (χ2v) is 7.27. The number of aromatic amines is 1. The van der Waals surface area contributed by atoms with Gasteiger partial charge in [0.1, 0.15) is 5.52 Å². The molecule has 0 aliphatic heterocycles. The van der Waals surface area contributed by atoms with Crippen molar-refractivity contribution in [3.05, 3.63) is 52.5 Å². The molecule has 4 aromatic rings. The van der Waals surface area contributed by atoms with Gasteiger partial charge in [-0.05, 0) is 24.3 Å². The first kappa shape index (κ1) is 17.1. The zero-order valence-electron chi connectivity index (χ0n) is 13.2. The lowest BCUT2D eigenvalue weighted by atomic mass is 10.2. The van der Waals surface area contributed by atoms with Crippen molar-refractivity contribution in [2.45, 2.75) is 5.16 Å². The van der Waals surface area contributed by atoms with Gasteiger partial charge in [0.25, 0.3) is 0 Å². The van der Waals surface area contributed by atoms with Crippen LogP contribution in [0, 0.1) is 0 Å². The molecule has 0 unspecified atom stereocenters. The molecule has 0 aliphatic carbocycles. The molecule has 6 nitrogen and oxygen atoms in total. The van der Waals surface area contributed by atoms with Crippen molar-refractivity contribution in [1.29, 1.82) is 0 Å². The fraction of sp³-hybridized carbons (Fsp3) is 0.0588. The van der Waals surface area contributed by atoms with Crippen molar-refractivity contribution in [3.63, 3.8) is 0 Å². The van der Waals surface area contributed by atoms with Crippen LogP contribution < -0.4 is 5.32 Å². The average molecular weight is 404 g/mol. The lowest BCUT2D eigenvalue weighted by molar-refractivity contribution is -0.113. The van der Waals surface area contributed by atoms with Crippen LogP contribution in [0.3, 0.4) is 0 Å². The van der Waals surface area contributed by atoms with Crippen molar-refractivity contribution < 1.29 is 4.79 Å². The number of benzene rings is 2. The molecule has 0 bridgehead atoms. The maximum Gasteiger partial charge on any atom is 0.234 e. The molecule has 2 aromatic carbocycles. The summed E-state index contributed by atoms with van der Waals surface area (Å²) in [7, 11) is 0. The van der Waals surface area contributed by atoms with Gasteiger partial charge in [-0.3, -0.25) is 4.79 Å². The summed E-state index contributed by atoms with van der Waals surface area (Å²) < 4.78 is 0. The Kier molecular flexibility index (Phi) is 4.67. The van der Waals surface area contributed by atoms with Gasteiger partial charge in [0.2, 0.25) is 11.1 Å². The molecular weight excluding hydrogens is 393 g/mol. The number of hydrogen-bond acceptors (Lipinski definition) is 5. The first-order chi connectivity index (χ1) is 12.6. The minimum atomic E-state index is -0.214. The van der Waals surface area contributed by atoms with Gasteiger partial charge in [0.15, 0.2) is 5.65 Å². The number of hydrogen-bond donors (Lipinski definition) is 2. The summed E-state index contributed by atoms with van der Waals surface area (Å²) in [5.74, 6) is -0.0777. The molecule has 0 fully saturated rings. The van der Waals surface area contributed by atoms with E-state index in [1.807, 2.05) is 24.3 Å². The third-order valence-corrected chi connectivity index (χ3v) is 4.86. The Labute approximate surface area is 162 Å². The van der Waals surface area contributed by atoms with Gasteiger partial charge >= 0.3 is 0 Å². The predicted octanol–water partition coefficient (Wildman–Crippen LogP) is 4.54. The van der Waals surface area contributed by atoms with Crippen LogP contribution in [0.1, 0.15) is 0 Å². The largest absolute Gasteiger partial charge is 0.338 e. The Morgan fingerprint density at radius 3 is 2.69 bits per heavy atom. The third kappa shape index (κ3) is 3.60. The Hall–Kier alpha value is -2.35. The van der Waals surface area contributed by atoms with Crippen LogP contribution in [0.4, 0.5) is 5.69 Å². The highest BCUT2D eigenvalue weighted by atomic mass is 35.5. The molecule has 130 valence electrons. The van der Waals surface area contributed by atoms with E-state index in [1.165, 1.54) is 11.8 Å². The molecule has 4 rings (SSSR count). The Balaban J connectivity index is 1.47. The maximum absolute atomic E-state index is 12.1. The van der Waals surface area contributed by atoms with Gasteiger partial charge < -0.3 is 10.3 Å². The Bertz CT molecular complexity index is 1110. The SMILES string of the molecule is O=C(CSc1nnc2c(n1)[nH]c1ccccc12)Nc1cc(Cl)cc(Cl)c1. The summed E-state index contributed by atoms with van der Waals surface area (Å²) in [6, 6.07) is 12.6. The zero-order valence-corrected chi connectivity index (χ0v) is 15.5. The first-order valence-corrected chi connectivity index (χ1v) is 9.32. The van der Waals surface area contributed by atoms with E-state index < -0.39 is 0 Å². The number of carbonyl (C=O) groups excluding carboxylic acids is 1. The first-order valence-electron chi connectivity index (χ1n) is 7.58. The molecule has 2 N–H and O–H groups in total. The van der Waals surface area contributed by atoms with Crippen LogP contribution in [0.25, 0.3) is 22.1 Å². The molecule has 0 spiro atoms. The molecule has 1 amide bonds.